The number of unbranched alkanes of at least 4 members (excludes halogenated alkanes) is 12. The lowest BCUT2D eigenvalue weighted by Gasteiger charge is -2.07. The number of carboxylic acids is 1. The van der Waals surface area contributed by atoms with E-state index >= 15 is 0 Å². The molecule has 2 aromatic heterocycles. The second-order valence-electron chi connectivity index (χ2n) is 11.9. The van der Waals surface area contributed by atoms with Gasteiger partial charge in [0.25, 0.3) is 0 Å². The largest absolute Gasteiger partial charge is 0.494 e. The number of rotatable bonds is 22. The van der Waals surface area contributed by atoms with Gasteiger partial charge in [-0.05, 0) is 68.0 Å². The maximum atomic E-state index is 12.2. The molecule has 12 heteroatoms. The summed E-state index contributed by atoms with van der Waals surface area (Å²) in [4.78, 5) is 20.1. The van der Waals surface area contributed by atoms with E-state index in [4.69, 9.17) is 19.8 Å². The van der Waals surface area contributed by atoms with Gasteiger partial charge in [-0.25, -0.2) is 9.97 Å². The average molecular weight is 679 g/mol. The van der Waals surface area contributed by atoms with Crippen LogP contribution in [0.25, 0.3) is 21.3 Å². The van der Waals surface area contributed by atoms with Crippen LogP contribution in [0.4, 0.5) is 24.3 Å². The third-order valence-corrected chi connectivity index (χ3v) is 9.34. The van der Waals surface area contributed by atoms with E-state index in [1.807, 2.05) is 18.2 Å². The molecule has 0 spiro atoms. The number of imidazole rings is 1. The molecular formula is C34H45F3N4O3S2. The summed E-state index contributed by atoms with van der Waals surface area (Å²) < 4.78 is 45.3. The Morgan fingerprint density at radius 3 is 2.24 bits per heavy atom. The highest BCUT2D eigenvalue weighted by molar-refractivity contribution is 7.79. The molecule has 0 amide bonds. The van der Waals surface area contributed by atoms with E-state index in [9.17, 15) is 18.0 Å². The van der Waals surface area contributed by atoms with Gasteiger partial charge in [-0.1, -0.05) is 94.4 Å². The van der Waals surface area contributed by atoms with Gasteiger partial charge < -0.3 is 15.2 Å². The number of thiazole rings is 1. The fraction of sp³-hybridized carbons (Fsp3) is 0.559. The molecule has 2 aromatic carbocycles. The summed E-state index contributed by atoms with van der Waals surface area (Å²) >= 11 is 6.20. The Bertz CT molecular complexity index is 1520. The Kier molecular flexibility index (Phi) is 14.3. The lowest BCUT2D eigenvalue weighted by atomic mass is 10.0. The standard InChI is InChI=1S/C34H45F3N4O3S2/c35-34(36,37)21-13-9-5-2-6-10-14-22-44-26-18-19-27-30(24-26)46-33(39-27)40-32-38-28-23-25(17-20-29(28)41(32)45)15-11-7-3-1-4-8-12-16-31(42)43/h17-20,23-24,45H,1-16,21-22H2,(H,42,43)(H,38,39,40). The molecule has 0 aliphatic rings. The summed E-state index contributed by atoms with van der Waals surface area (Å²) in [6.45, 7) is 0.603. The zero-order valence-electron chi connectivity index (χ0n) is 26.3. The zero-order chi connectivity index (χ0) is 32.8. The quantitative estimate of drug-likeness (QED) is 0.0566. The van der Waals surface area contributed by atoms with Crippen molar-refractivity contribution in [1.29, 1.82) is 0 Å². The van der Waals surface area contributed by atoms with E-state index in [0.717, 1.165) is 109 Å². The molecule has 4 rings (SSSR count). The highest BCUT2D eigenvalue weighted by Crippen LogP contribution is 2.32. The molecular weight excluding hydrogens is 634 g/mol. The van der Waals surface area contributed by atoms with Crippen LogP contribution in [0, 0.1) is 0 Å². The minimum Gasteiger partial charge on any atom is -0.494 e. The van der Waals surface area contributed by atoms with Gasteiger partial charge in [-0.3, -0.25) is 8.77 Å². The predicted molar refractivity (Wildman–Crippen MR) is 184 cm³/mol. The first-order valence-electron chi connectivity index (χ1n) is 16.5. The van der Waals surface area contributed by atoms with Gasteiger partial charge in [0, 0.05) is 12.8 Å². The second-order valence-corrected chi connectivity index (χ2v) is 13.3. The molecule has 0 aliphatic carbocycles. The topological polar surface area (TPSA) is 89.3 Å². The van der Waals surface area contributed by atoms with E-state index in [1.54, 1.807) is 3.97 Å². The maximum Gasteiger partial charge on any atom is 0.389 e. The number of nitrogens with zero attached hydrogens (tertiary/aromatic N) is 3. The number of ether oxygens (including phenoxy) is 1. The van der Waals surface area contributed by atoms with Crippen LogP contribution in [0.15, 0.2) is 36.4 Å². The summed E-state index contributed by atoms with van der Waals surface area (Å²) in [5.74, 6) is 0.689. The van der Waals surface area contributed by atoms with Gasteiger partial charge in [0.2, 0.25) is 5.95 Å². The lowest BCUT2D eigenvalue weighted by Crippen LogP contribution is -2.06. The summed E-state index contributed by atoms with van der Waals surface area (Å²) in [6.07, 6.45) is 9.60. The number of alkyl halides is 3. The van der Waals surface area contributed by atoms with Crippen molar-refractivity contribution < 1.29 is 27.8 Å². The molecule has 0 fully saturated rings. The van der Waals surface area contributed by atoms with Gasteiger partial charge in [-0.2, -0.15) is 13.2 Å². The Hall–Kier alpha value is -2.99. The number of hydrogen-bond donors (Lipinski definition) is 3. The van der Waals surface area contributed by atoms with Crippen LogP contribution in [0.2, 0.25) is 0 Å². The van der Waals surface area contributed by atoms with Crippen molar-refractivity contribution in [2.45, 2.75) is 115 Å². The molecule has 46 heavy (non-hydrogen) atoms. The first-order chi connectivity index (χ1) is 22.2. The molecule has 4 aromatic rings. The van der Waals surface area contributed by atoms with Gasteiger partial charge in [0.15, 0.2) is 5.13 Å². The molecule has 0 radical (unpaired) electrons. The molecule has 0 bridgehead atoms. The molecule has 0 saturated carbocycles. The van der Waals surface area contributed by atoms with Crippen molar-refractivity contribution in [1.82, 2.24) is 13.9 Å². The number of thiol groups is 1. The monoisotopic (exact) mass is 678 g/mol. The summed E-state index contributed by atoms with van der Waals surface area (Å²) in [5.41, 5.74) is 3.93. The highest BCUT2D eigenvalue weighted by Gasteiger charge is 2.25. The van der Waals surface area contributed by atoms with Crippen LogP contribution in [0.3, 0.4) is 0 Å². The smallest absolute Gasteiger partial charge is 0.389 e. The van der Waals surface area contributed by atoms with E-state index in [-0.39, 0.29) is 12.8 Å². The number of aromatic nitrogens is 3. The maximum absolute atomic E-state index is 12.2. The van der Waals surface area contributed by atoms with E-state index in [0.29, 0.717) is 19.0 Å². The van der Waals surface area contributed by atoms with Crippen LogP contribution in [-0.4, -0.2) is 37.8 Å². The summed E-state index contributed by atoms with van der Waals surface area (Å²) in [6, 6.07) is 12.2. The van der Waals surface area contributed by atoms with E-state index < -0.39 is 18.6 Å². The van der Waals surface area contributed by atoms with Crippen LogP contribution in [-0.2, 0) is 11.2 Å². The number of halogens is 3. The molecule has 252 valence electrons. The molecule has 0 atom stereocenters. The Balaban J connectivity index is 1.18. The van der Waals surface area contributed by atoms with Crippen molar-refractivity contribution in [3.05, 3.63) is 42.0 Å². The number of hydrogen-bond acceptors (Lipinski definition) is 7. The summed E-state index contributed by atoms with van der Waals surface area (Å²) in [5, 5.41) is 12.8. The molecule has 7 nitrogen and oxygen atoms in total. The Labute approximate surface area is 278 Å². The van der Waals surface area contributed by atoms with Gasteiger partial charge in [0.1, 0.15) is 5.75 Å². The first-order valence-corrected chi connectivity index (χ1v) is 17.7. The number of fused-ring (bicyclic) bond motifs is 2. The molecule has 0 aliphatic heterocycles. The van der Waals surface area contributed by atoms with Crippen molar-refractivity contribution >= 4 is 62.5 Å². The fourth-order valence-electron chi connectivity index (χ4n) is 5.48. The van der Waals surface area contributed by atoms with Crippen molar-refractivity contribution in [3.63, 3.8) is 0 Å². The van der Waals surface area contributed by atoms with Crippen molar-refractivity contribution in [3.8, 4) is 5.75 Å². The fourth-order valence-corrected chi connectivity index (χ4v) is 6.64. The molecule has 0 unspecified atom stereocenters. The minimum absolute atomic E-state index is 0.225. The van der Waals surface area contributed by atoms with Crippen LogP contribution < -0.4 is 10.1 Å². The van der Waals surface area contributed by atoms with Crippen molar-refractivity contribution in [2.24, 2.45) is 0 Å². The number of anilines is 2. The molecule has 2 N–H and O–H groups in total. The molecule has 0 saturated heterocycles. The average Bonchev–Trinajstić information content (AvgIpc) is 3.55. The third-order valence-electron chi connectivity index (χ3n) is 8.00. The predicted octanol–water partition coefficient (Wildman–Crippen LogP) is 10.9. The minimum atomic E-state index is -4.04. The number of aliphatic carboxylic acids is 1. The number of nitrogens with one attached hydrogen (secondary N) is 1. The number of aryl methyl sites for hydroxylation is 1. The SMILES string of the molecule is O=C(O)CCCCCCCCCc1ccc2c(c1)nc(Nc1nc3ccc(OCCCCCCCCCC(F)(F)F)cc3s1)n2S. The zero-order valence-corrected chi connectivity index (χ0v) is 28.0. The normalized spacial score (nSPS) is 11.9. The Morgan fingerprint density at radius 2 is 1.52 bits per heavy atom. The third kappa shape index (κ3) is 12.3. The number of benzene rings is 2. The van der Waals surface area contributed by atoms with E-state index in [1.165, 1.54) is 23.3 Å². The van der Waals surface area contributed by atoms with Gasteiger partial charge >= 0.3 is 12.1 Å². The van der Waals surface area contributed by atoms with Crippen LogP contribution in [0.5, 0.6) is 5.75 Å². The number of carboxylic acid groups (broad SMARTS) is 1. The molecule has 2 heterocycles. The van der Waals surface area contributed by atoms with Gasteiger partial charge in [-0.15, -0.1) is 0 Å². The van der Waals surface area contributed by atoms with Gasteiger partial charge in [0.05, 0.1) is 27.9 Å². The van der Waals surface area contributed by atoms with E-state index in [2.05, 4.69) is 36.3 Å². The number of carbonyl (C=O) groups is 1. The second kappa shape index (κ2) is 18.4. The first kappa shape index (κ1) is 35.9. The van der Waals surface area contributed by atoms with Crippen LogP contribution >= 0.6 is 24.2 Å². The summed E-state index contributed by atoms with van der Waals surface area (Å²) in [7, 11) is 0. The van der Waals surface area contributed by atoms with Crippen molar-refractivity contribution in [2.75, 3.05) is 11.9 Å². The highest BCUT2D eigenvalue weighted by atomic mass is 32.1. The lowest BCUT2D eigenvalue weighted by molar-refractivity contribution is -0.137. The van der Waals surface area contributed by atoms with Crippen LogP contribution in [0.1, 0.15) is 108 Å². The Morgan fingerprint density at radius 1 is 0.848 bits per heavy atom.